The number of benzene rings is 2. The van der Waals surface area contributed by atoms with Gasteiger partial charge in [-0.05, 0) is 42.3 Å². The summed E-state index contributed by atoms with van der Waals surface area (Å²) < 4.78 is 42.5. The number of para-hydroxylation sites is 1. The number of halogens is 3. The number of alkyl halides is 3. The number of ether oxygens (including phenoxy) is 1. The van der Waals surface area contributed by atoms with Crippen molar-refractivity contribution in [1.82, 2.24) is 5.32 Å². The zero-order valence-corrected chi connectivity index (χ0v) is 14.6. The second-order valence-electron chi connectivity index (χ2n) is 5.65. The first-order valence-electron chi connectivity index (χ1n) is 8.24. The predicted molar refractivity (Wildman–Crippen MR) is 94.4 cm³/mol. The third-order valence-electron chi connectivity index (χ3n) is 3.67. The van der Waals surface area contributed by atoms with E-state index in [1.807, 2.05) is 19.1 Å². The summed E-state index contributed by atoms with van der Waals surface area (Å²) in [5.74, 6) is -0.827. The lowest BCUT2D eigenvalue weighted by molar-refractivity contribution is -0.137. The molecule has 2 aromatic carbocycles. The molecule has 0 bridgehead atoms. The molecule has 0 aliphatic carbocycles. The van der Waals surface area contributed by atoms with Gasteiger partial charge < -0.3 is 15.4 Å². The van der Waals surface area contributed by atoms with E-state index >= 15 is 0 Å². The van der Waals surface area contributed by atoms with E-state index in [0.29, 0.717) is 5.69 Å². The van der Waals surface area contributed by atoms with E-state index in [1.165, 1.54) is 0 Å². The molecule has 8 heteroatoms. The molecule has 0 aromatic heterocycles. The quantitative estimate of drug-likeness (QED) is 0.774. The van der Waals surface area contributed by atoms with E-state index in [9.17, 15) is 22.8 Å². The third-order valence-corrected chi connectivity index (χ3v) is 3.67. The van der Waals surface area contributed by atoms with Gasteiger partial charge in [-0.25, -0.2) is 0 Å². The fourth-order valence-electron chi connectivity index (χ4n) is 2.26. The van der Waals surface area contributed by atoms with Crippen LogP contribution < -0.4 is 15.4 Å². The number of aryl methyl sites for hydroxylation is 1. The van der Waals surface area contributed by atoms with Crippen LogP contribution in [-0.2, 0) is 22.2 Å². The molecule has 27 heavy (non-hydrogen) atoms. The fraction of sp³-hybridized carbons (Fsp3) is 0.263. The van der Waals surface area contributed by atoms with E-state index in [4.69, 9.17) is 4.74 Å². The van der Waals surface area contributed by atoms with Crippen molar-refractivity contribution in [2.24, 2.45) is 0 Å². The summed E-state index contributed by atoms with van der Waals surface area (Å²) in [5, 5.41) is 5.10. The van der Waals surface area contributed by atoms with E-state index in [1.54, 1.807) is 12.1 Å². The molecule has 0 fully saturated rings. The van der Waals surface area contributed by atoms with Gasteiger partial charge in [0.05, 0.1) is 12.1 Å². The highest BCUT2D eigenvalue weighted by atomic mass is 19.4. The second-order valence-corrected chi connectivity index (χ2v) is 5.65. The van der Waals surface area contributed by atoms with Gasteiger partial charge in [0.2, 0.25) is 5.91 Å². The zero-order chi connectivity index (χ0) is 19.9. The van der Waals surface area contributed by atoms with Crippen LogP contribution in [0.1, 0.15) is 18.1 Å². The van der Waals surface area contributed by atoms with Crippen LogP contribution in [0.4, 0.5) is 18.9 Å². The van der Waals surface area contributed by atoms with Gasteiger partial charge in [0.1, 0.15) is 5.75 Å². The van der Waals surface area contributed by atoms with Crippen molar-refractivity contribution < 1.29 is 27.5 Å². The molecule has 0 unspecified atom stereocenters. The van der Waals surface area contributed by atoms with Crippen molar-refractivity contribution in [2.45, 2.75) is 19.5 Å². The average Bonchev–Trinajstić information content (AvgIpc) is 2.64. The van der Waals surface area contributed by atoms with Gasteiger partial charge in [-0.2, -0.15) is 13.2 Å². The highest BCUT2D eigenvalue weighted by Crippen LogP contribution is 2.30. The average molecular weight is 380 g/mol. The largest absolute Gasteiger partial charge is 0.484 e. The lowest BCUT2D eigenvalue weighted by Gasteiger charge is -2.11. The number of hydrogen-bond donors (Lipinski definition) is 2. The van der Waals surface area contributed by atoms with E-state index in [2.05, 4.69) is 10.6 Å². The Hall–Kier alpha value is -3.03. The van der Waals surface area contributed by atoms with Crippen LogP contribution in [0.3, 0.4) is 0 Å². The molecule has 0 heterocycles. The molecule has 2 N–H and O–H groups in total. The Morgan fingerprint density at radius 1 is 1.00 bits per heavy atom. The normalized spacial score (nSPS) is 11.0. The maximum Gasteiger partial charge on any atom is 0.416 e. The molecule has 0 atom stereocenters. The van der Waals surface area contributed by atoms with Crippen molar-refractivity contribution in [3.05, 3.63) is 59.7 Å². The Kier molecular flexibility index (Phi) is 6.81. The molecule has 5 nitrogen and oxygen atoms in total. The first-order valence-corrected chi connectivity index (χ1v) is 8.24. The molecule has 0 spiro atoms. The molecule has 0 saturated heterocycles. The number of rotatable bonds is 7. The Morgan fingerprint density at radius 2 is 1.67 bits per heavy atom. The monoisotopic (exact) mass is 380 g/mol. The van der Waals surface area contributed by atoms with Crippen LogP contribution in [0.5, 0.6) is 5.75 Å². The smallest absolute Gasteiger partial charge is 0.416 e. The van der Waals surface area contributed by atoms with Gasteiger partial charge in [0.25, 0.3) is 5.91 Å². The van der Waals surface area contributed by atoms with Crippen LogP contribution in [0.2, 0.25) is 0 Å². The zero-order valence-electron chi connectivity index (χ0n) is 14.6. The fourth-order valence-corrected chi connectivity index (χ4v) is 2.26. The van der Waals surface area contributed by atoms with Crippen LogP contribution in [0.15, 0.2) is 48.5 Å². The number of hydrogen-bond acceptors (Lipinski definition) is 3. The molecular formula is C19H19F3N2O3. The topological polar surface area (TPSA) is 67.4 Å². The van der Waals surface area contributed by atoms with Crippen molar-refractivity contribution in [1.29, 1.82) is 0 Å². The first kappa shape index (κ1) is 20.3. The van der Waals surface area contributed by atoms with Gasteiger partial charge >= 0.3 is 6.18 Å². The molecule has 0 radical (unpaired) electrons. The number of nitrogens with one attached hydrogen (secondary N) is 2. The van der Waals surface area contributed by atoms with E-state index in [0.717, 1.165) is 36.2 Å². The van der Waals surface area contributed by atoms with Gasteiger partial charge in [-0.1, -0.05) is 25.1 Å². The predicted octanol–water partition coefficient (Wildman–Crippen LogP) is 3.40. The first-order chi connectivity index (χ1) is 12.8. The third kappa shape index (κ3) is 6.32. The number of carbonyl (C=O) groups is 2. The maximum absolute atomic E-state index is 12.5. The minimum Gasteiger partial charge on any atom is -0.484 e. The summed E-state index contributed by atoms with van der Waals surface area (Å²) in [6, 6.07) is 11.3. The molecule has 0 aliphatic rings. The SMILES string of the molecule is CCc1ccccc1NC(=O)CNC(=O)COc1ccc(C(F)(F)F)cc1. The number of anilines is 1. The lowest BCUT2D eigenvalue weighted by atomic mass is 10.1. The minimum atomic E-state index is -4.43. The van der Waals surface area contributed by atoms with E-state index < -0.39 is 30.2 Å². The minimum absolute atomic E-state index is 0.125. The van der Waals surface area contributed by atoms with Crippen molar-refractivity contribution >= 4 is 17.5 Å². The van der Waals surface area contributed by atoms with Gasteiger partial charge in [-0.3, -0.25) is 9.59 Å². The maximum atomic E-state index is 12.5. The van der Waals surface area contributed by atoms with Crippen molar-refractivity contribution in [2.75, 3.05) is 18.5 Å². The Balaban J connectivity index is 1.76. The highest BCUT2D eigenvalue weighted by Gasteiger charge is 2.30. The van der Waals surface area contributed by atoms with E-state index in [-0.39, 0.29) is 12.3 Å². The molecule has 2 aromatic rings. The molecule has 144 valence electrons. The summed E-state index contributed by atoms with van der Waals surface area (Å²) in [5.41, 5.74) is 0.853. The highest BCUT2D eigenvalue weighted by molar-refractivity contribution is 5.95. The van der Waals surface area contributed by atoms with Crippen LogP contribution in [-0.4, -0.2) is 25.0 Å². The molecule has 0 aliphatic heterocycles. The molecule has 0 saturated carbocycles. The number of amides is 2. The van der Waals surface area contributed by atoms with Crippen LogP contribution >= 0.6 is 0 Å². The summed E-state index contributed by atoms with van der Waals surface area (Å²) >= 11 is 0. The lowest BCUT2D eigenvalue weighted by Crippen LogP contribution is -2.35. The molecular weight excluding hydrogens is 361 g/mol. The Bertz CT molecular complexity index is 790. The molecule has 2 rings (SSSR count). The second kappa shape index (κ2) is 9.07. The van der Waals surface area contributed by atoms with Gasteiger partial charge in [-0.15, -0.1) is 0 Å². The Labute approximate surface area is 154 Å². The molecule has 2 amide bonds. The van der Waals surface area contributed by atoms with Crippen LogP contribution in [0, 0.1) is 0 Å². The standard InChI is InChI=1S/C19H19F3N2O3/c1-2-13-5-3-4-6-16(13)24-17(25)11-23-18(26)12-27-15-9-7-14(8-10-15)19(20,21)22/h3-10H,2,11-12H2,1H3,(H,23,26)(H,24,25). The van der Waals surface area contributed by atoms with Crippen molar-refractivity contribution in [3.8, 4) is 5.75 Å². The van der Waals surface area contributed by atoms with Crippen LogP contribution in [0.25, 0.3) is 0 Å². The Morgan fingerprint density at radius 3 is 2.30 bits per heavy atom. The summed E-state index contributed by atoms with van der Waals surface area (Å²) in [4.78, 5) is 23.6. The van der Waals surface area contributed by atoms with Gasteiger partial charge in [0.15, 0.2) is 6.61 Å². The van der Waals surface area contributed by atoms with Gasteiger partial charge in [0, 0.05) is 5.69 Å². The summed E-state index contributed by atoms with van der Waals surface area (Å²) in [6.45, 7) is 1.31. The van der Waals surface area contributed by atoms with Crippen molar-refractivity contribution in [3.63, 3.8) is 0 Å². The number of carbonyl (C=O) groups excluding carboxylic acids is 2. The summed E-state index contributed by atoms with van der Waals surface area (Å²) in [7, 11) is 0. The summed E-state index contributed by atoms with van der Waals surface area (Å²) in [6.07, 6.45) is -3.68.